The smallest absolute Gasteiger partial charge is 0.159 e. The van der Waals surface area contributed by atoms with Gasteiger partial charge in [0.25, 0.3) is 0 Å². The summed E-state index contributed by atoms with van der Waals surface area (Å²) in [5.41, 5.74) is 2.11. The number of rotatable bonds is 6. The lowest BCUT2D eigenvalue weighted by Gasteiger charge is -2.08. The van der Waals surface area contributed by atoms with E-state index in [1.54, 1.807) is 0 Å². The van der Waals surface area contributed by atoms with E-state index in [1.165, 1.54) is 5.56 Å². The maximum absolute atomic E-state index is 6.12. The Morgan fingerprint density at radius 1 is 0.957 bits per heavy atom. The Balaban J connectivity index is 1.78. The van der Waals surface area contributed by atoms with E-state index in [9.17, 15) is 0 Å². The highest BCUT2D eigenvalue weighted by Crippen LogP contribution is 2.24. The molecule has 0 saturated carbocycles. The summed E-state index contributed by atoms with van der Waals surface area (Å²) in [4.78, 5) is 0. The first kappa shape index (κ1) is 15.8. The third-order valence-corrected chi connectivity index (χ3v) is 4.06. The number of halogens is 1. The molecule has 1 heterocycles. The monoisotopic (exact) mass is 326 g/mol. The molecule has 0 aliphatic carbocycles. The molecule has 2 aromatic carbocycles. The van der Waals surface area contributed by atoms with E-state index in [2.05, 4.69) is 29.3 Å². The van der Waals surface area contributed by atoms with Crippen LogP contribution in [0.5, 0.6) is 5.75 Å². The standard InChI is InChI=1S/C19H19ClN2O/c1-2-3-12-23-15-10-8-14(9-11-15)13-18-16-6-4-5-7-17(16)19(20)22-21-18/h4-11H,2-3,12-13H2,1H3. The normalized spacial score (nSPS) is 10.9. The average molecular weight is 327 g/mol. The lowest BCUT2D eigenvalue weighted by Crippen LogP contribution is -1.99. The summed E-state index contributed by atoms with van der Waals surface area (Å²) >= 11 is 6.12. The highest BCUT2D eigenvalue weighted by Gasteiger charge is 2.08. The van der Waals surface area contributed by atoms with Crippen molar-refractivity contribution in [3.63, 3.8) is 0 Å². The zero-order valence-corrected chi connectivity index (χ0v) is 13.9. The fourth-order valence-electron chi connectivity index (χ4n) is 2.49. The molecule has 1 aromatic heterocycles. The van der Waals surface area contributed by atoms with Gasteiger partial charge in [-0.05, 0) is 24.1 Å². The summed E-state index contributed by atoms with van der Waals surface area (Å²) in [6.07, 6.45) is 2.94. The van der Waals surface area contributed by atoms with E-state index in [4.69, 9.17) is 16.3 Å². The molecule has 0 spiro atoms. The van der Waals surface area contributed by atoms with Crippen LogP contribution in [0.25, 0.3) is 10.8 Å². The minimum absolute atomic E-state index is 0.448. The summed E-state index contributed by atoms with van der Waals surface area (Å²) in [6, 6.07) is 16.1. The van der Waals surface area contributed by atoms with E-state index < -0.39 is 0 Å². The molecular weight excluding hydrogens is 308 g/mol. The molecule has 3 nitrogen and oxygen atoms in total. The minimum atomic E-state index is 0.448. The maximum Gasteiger partial charge on any atom is 0.159 e. The molecule has 118 valence electrons. The summed E-state index contributed by atoms with van der Waals surface area (Å²) < 4.78 is 5.69. The molecule has 0 fully saturated rings. The molecule has 0 bridgehead atoms. The number of aromatic nitrogens is 2. The largest absolute Gasteiger partial charge is 0.494 e. The first-order chi connectivity index (χ1) is 11.3. The quantitative estimate of drug-likeness (QED) is 0.594. The van der Waals surface area contributed by atoms with Crippen molar-refractivity contribution in [1.82, 2.24) is 10.2 Å². The molecule has 0 atom stereocenters. The van der Waals surface area contributed by atoms with Crippen LogP contribution >= 0.6 is 11.6 Å². The minimum Gasteiger partial charge on any atom is -0.494 e. The van der Waals surface area contributed by atoms with Gasteiger partial charge in [0.1, 0.15) is 5.75 Å². The van der Waals surface area contributed by atoms with Gasteiger partial charge in [-0.1, -0.05) is 61.3 Å². The van der Waals surface area contributed by atoms with Gasteiger partial charge in [-0.25, -0.2) is 0 Å². The SMILES string of the molecule is CCCCOc1ccc(Cc2nnc(Cl)c3ccccc23)cc1. The Kier molecular flexibility index (Phi) is 5.09. The highest BCUT2D eigenvalue weighted by molar-refractivity contribution is 6.34. The van der Waals surface area contributed by atoms with Crippen LogP contribution < -0.4 is 4.74 Å². The van der Waals surface area contributed by atoms with Crippen LogP contribution in [0.3, 0.4) is 0 Å². The van der Waals surface area contributed by atoms with Gasteiger partial charge >= 0.3 is 0 Å². The third-order valence-electron chi connectivity index (χ3n) is 3.78. The highest BCUT2D eigenvalue weighted by atomic mass is 35.5. The summed E-state index contributed by atoms with van der Waals surface area (Å²) in [5, 5.41) is 10.8. The van der Waals surface area contributed by atoms with Crippen LogP contribution in [-0.4, -0.2) is 16.8 Å². The van der Waals surface area contributed by atoms with Crippen molar-refractivity contribution in [2.45, 2.75) is 26.2 Å². The molecular formula is C19H19ClN2O. The molecule has 23 heavy (non-hydrogen) atoms. The number of nitrogens with zero attached hydrogens (tertiary/aromatic N) is 2. The van der Waals surface area contributed by atoms with Gasteiger partial charge in [0.15, 0.2) is 5.15 Å². The van der Waals surface area contributed by atoms with Crippen molar-refractivity contribution in [2.24, 2.45) is 0 Å². The molecule has 0 radical (unpaired) electrons. The molecule has 0 N–H and O–H groups in total. The van der Waals surface area contributed by atoms with Gasteiger partial charge in [-0.2, -0.15) is 5.10 Å². The predicted octanol–water partition coefficient (Wildman–Crippen LogP) is 5.05. The van der Waals surface area contributed by atoms with Crippen molar-refractivity contribution < 1.29 is 4.74 Å². The van der Waals surface area contributed by atoms with Crippen molar-refractivity contribution in [2.75, 3.05) is 6.61 Å². The van der Waals surface area contributed by atoms with Crippen LogP contribution in [0.15, 0.2) is 48.5 Å². The number of ether oxygens (including phenoxy) is 1. The molecule has 0 saturated heterocycles. The van der Waals surface area contributed by atoms with Crippen LogP contribution in [-0.2, 0) is 6.42 Å². The Morgan fingerprint density at radius 3 is 2.43 bits per heavy atom. The summed E-state index contributed by atoms with van der Waals surface area (Å²) in [6.45, 7) is 2.92. The number of benzene rings is 2. The zero-order valence-electron chi connectivity index (χ0n) is 13.1. The van der Waals surface area contributed by atoms with Gasteiger partial charge in [0, 0.05) is 17.2 Å². The van der Waals surface area contributed by atoms with E-state index in [0.29, 0.717) is 5.15 Å². The Morgan fingerprint density at radius 2 is 1.70 bits per heavy atom. The molecule has 4 heteroatoms. The van der Waals surface area contributed by atoms with Crippen molar-refractivity contribution in [3.05, 3.63) is 64.9 Å². The topological polar surface area (TPSA) is 35.0 Å². The second kappa shape index (κ2) is 7.42. The van der Waals surface area contributed by atoms with Gasteiger partial charge < -0.3 is 4.74 Å². The van der Waals surface area contributed by atoms with Gasteiger partial charge in [-0.3, -0.25) is 0 Å². The fourth-order valence-corrected chi connectivity index (χ4v) is 2.69. The van der Waals surface area contributed by atoms with Crippen LogP contribution in [0.4, 0.5) is 0 Å². The molecule has 3 rings (SSSR count). The van der Waals surface area contributed by atoms with Gasteiger partial charge in [0.2, 0.25) is 0 Å². The number of fused-ring (bicyclic) bond motifs is 1. The zero-order chi connectivity index (χ0) is 16.1. The van der Waals surface area contributed by atoms with Crippen molar-refractivity contribution in [1.29, 1.82) is 0 Å². The summed E-state index contributed by atoms with van der Waals surface area (Å²) in [7, 11) is 0. The van der Waals surface area contributed by atoms with E-state index >= 15 is 0 Å². The maximum atomic E-state index is 6.12. The van der Waals surface area contributed by atoms with E-state index in [0.717, 1.165) is 48.1 Å². The molecule has 3 aromatic rings. The molecule has 0 amide bonds. The molecule has 0 unspecified atom stereocenters. The first-order valence-electron chi connectivity index (χ1n) is 7.89. The first-order valence-corrected chi connectivity index (χ1v) is 8.27. The van der Waals surface area contributed by atoms with Gasteiger partial charge in [-0.15, -0.1) is 5.10 Å². The summed E-state index contributed by atoms with van der Waals surface area (Å²) in [5.74, 6) is 0.911. The van der Waals surface area contributed by atoms with E-state index in [1.807, 2.05) is 36.4 Å². The van der Waals surface area contributed by atoms with Crippen LogP contribution in [0.1, 0.15) is 31.0 Å². The third kappa shape index (κ3) is 3.80. The van der Waals surface area contributed by atoms with Crippen molar-refractivity contribution in [3.8, 4) is 5.75 Å². The number of unbranched alkanes of at least 4 members (excludes halogenated alkanes) is 1. The number of hydrogen-bond acceptors (Lipinski definition) is 3. The lowest BCUT2D eigenvalue weighted by molar-refractivity contribution is 0.309. The second-order valence-electron chi connectivity index (χ2n) is 5.51. The van der Waals surface area contributed by atoms with Crippen LogP contribution in [0, 0.1) is 0 Å². The second-order valence-corrected chi connectivity index (χ2v) is 5.86. The van der Waals surface area contributed by atoms with E-state index in [-0.39, 0.29) is 0 Å². The number of hydrogen-bond donors (Lipinski definition) is 0. The molecule has 0 aliphatic heterocycles. The van der Waals surface area contributed by atoms with Gasteiger partial charge in [0.05, 0.1) is 12.3 Å². The Labute approximate surface area is 141 Å². The van der Waals surface area contributed by atoms with Crippen molar-refractivity contribution >= 4 is 22.4 Å². The fraction of sp³-hybridized carbons (Fsp3) is 0.263. The Hall–Kier alpha value is -2.13. The Bertz CT molecular complexity index is 787. The lowest BCUT2D eigenvalue weighted by atomic mass is 10.0. The average Bonchev–Trinajstić information content (AvgIpc) is 2.59. The predicted molar refractivity (Wildman–Crippen MR) is 94.2 cm³/mol. The van der Waals surface area contributed by atoms with Crippen LogP contribution in [0.2, 0.25) is 5.15 Å². The molecule has 0 aliphatic rings.